The van der Waals surface area contributed by atoms with Crippen LogP contribution in [0.3, 0.4) is 0 Å². The molecule has 2 aromatic carbocycles. The highest BCUT2D eigenvalue weighted by Crippen LogP contribution is 2.44. The van der Waals surface area contributed by atoms with E-state index in [-0.39, 0.29) is 11.1 Å². The second kappa shape index (κ2) is 7.41. The van der Waals surface area contributed by atoms with Crippen molar-refractivity contribution in [2.75, 3.05) is 0 Å². The maximum Gasteiger partial charge on any atom is 0.437 e. The first kappa shape index (κ1) is 21.2. The van der Waals surface area contributed by atoms with Crippen LogP contribution >= 0.6 is 0 Å². The van der Waals surface area contributed by atoms with Gasteiger partial charge in [-0.1, -0.05) is 42.0 Å². The average Bonchev–Trinajstić information content (AvgIpc) is 2.66. The third-order valence-electron chi connectivity index (χ3n) is 4.86. The predicted octanol–water partition coefficient (Wildman–Crippen LogP) is 3.01. The molecule has 0 aliphatic carbocycles. The Morgan fingerprint density at radius 2 is 1.83 bits per heavy atom. The molecule has 158 valence electrons. The van der Waals surface area contributed by atoms with Crippen LogP contribution < -0.4 is 10.6 Å². The number of ketones is 1. The predicted molar refractivity (Wildman–Crippen MR) is 97.5 cm³/mol. The molecule has 2 aromatic rings. The molecule has 3 atom stereocenters. The van der Waals surface area contributed by atoms with Gasteiger partial charge in [-0.3, -0.25) is 14.9 Å². The fourth-order valence-corrected chi connectivity index (χ4v) is 3.35. The third-order valence-corrected chi connectivity index (χ3v) is 4.86. The molecule has 3 rings (SSSR count). The first-order chi connectivity index (χ1) is 13.9. The Balaban J connectivity index is 2.18. The van der Waals surface area contributed by atoms with Gasteiger partial charge in [0, 0.05) is 17.7 Å². The Hall–Kier alpha value is -3.47. The number of hydrogen-bond acceptors (Lipinski definition) is 5. The number of rotatable bonds is 4. The average molecular weight is 423 g/mol. The summed E-state index contributed by atoms with van der Waals surface area (Å²) in [6.07, 6.45) is -5.41. The quantitative estimate of drug-likeness (QED) is 0.397. The summed E-state index contributed by atoms with van der Waals surface area (Å²) >= 11 is 0. The zero-order chi connectivity index (χ0) is 22.3. The first-order valence-electron chi connectivity index (χ1n) is 8.67. The van der Waals surface area contributed by atoms with Gasteiger partial charge in [-0.15, -0.1) is 0 Å². The number of aryl methyl sites for hydroxylation is 1. The summed E-state index contributed by atoms with van der Waals surface area (Å²) in [7, 11) is 0. The van der Waals surface area contributed by atoms with Crippen LogP contribution in [-0.2, 0) is 0 Å². The molecule has 0 unspecified atom stereocenters. The number of nitrogens with one attached hydrogen (secondary N) is 2. The summed E-state index contributed by atoms with van der Waals surface area (Å²) in [6.45, 7) is 1.72. The number of aliphatic hydroxyl groups is 1. The van der Waals surface area contributed by atoms with E-state index in [1.165, 1.54) is 41.7 Å². The van der Waals surface area contributed by atoms with Gasteiger partial charge in [0.2, 0.25) is 5.72 Å². The number of hydrogen-bond donors (Lipinski definition) is 3. The molecule has 0 aromatic heterocycles. The minimum atomic E-state index is -5.41. The number of nitrogens with zero attached hydrogens (tertiary/aromatic N) is 1. The molecule has 0 radical (unpaired) electrons. The van der Waals surface area contributed by atoms with Gasteiger partial charge in [0.15, 0.2) is 5.78 Å². The number of Topliss-reactive ketones (excluding diaryl/α,β-unsaturated/α-hetero) is 1. The summed E-state index contributed by atoms with van der Waals surface area (Å²) in [5, 5.41) is 25.1. The molecule has 1 heterocycles. The van der Waals surface area contributed by atoms with Crippen LogP contribution in [0.1, 0.15) is 27.5 Å². The van der Waals surface area contributed by atoms with Crippen molar-refractivity contribution in [3.05, 3.63) is 75.3 Å². The molecule has 1 saturated heterocycles. The zero-order valence-corrected chi connectivity index (χ0v) is 15.4. The smallest absolute Gasteiger partial charge is 0.363 e. The number of amides is 2. The molecule has 0 bridgehead atoms. The maximum absolute atomic E-state index is 13.8. The lowest BCUT2D eigenvalue weighted by atomic mass is 9.77. The number of nitro benzene ring substituents is 1. The van der Waals surface area contributed by atoms with Crippen molar-refractivity contribution in [3.63, 3.8) is 0 Å². The van der Waals surface area contributed by atoms with Crippen LogP contribution in [0.25, 0.3) is 0 Å². The summed E-state index contributed by atoms with van der Waals surface area (Å²) in [5.41, 5.74) is -3.85. The largest absolute Gasteiger partial charge is 0.437 e. The van der Waals surface area contributed by atoms with Gasteiger partial charge >= 0.3 is 12.2 Å². The SMILES string of the molecule is Cc1ccc(C(=O)[C@@H]2[C@@H](c3cccc([N+](=O)[O-])c3)NC(=O)N[C@]2(O)C(F)(F)F)cc1. The van der Waals surface area contributed by atoms with E-state index in [2.05, 4.69) is 5.32 Å². The number of urea groups is 1. The molecular weight excluding hydrogens is 407 g/mol. The van der Waals surface area contributed by atoms with Crippen LogP contribution in [0.2, 0.25) is 0 Å². The van der Waals surface area contributed by atoms with Gasteiger partial charge in [0.05, 0.1) is 11.0 Å². The third kappa shape index (κ3) is 3.71. The Bertz CT molecular complexity index is 1010. The van der Waals surface area contributed by atoms with Gasteiger partial charge in [0.25, 0.3) is 5.69 Å². The van der Waals surface area contributed by atoms with Crippen LogP contribution in [0.15, 0.2) is 48.5 Å². The standard InChI is InChI=1S/C19H16F3N3O5/c1-10-5-7-11(8-6-10)16(26)14-15(12-3-2-4-13(9-12)25(29)30)23-17(27)24-18(14,28)19(20,21)22/h2-9,14-15,28H,1H3,(H2,23,24,27)/t14-,15+,18+/m0/s1. The van der Waals surface area contributed by atoms with Crippen molar-refractivity contribution < 1.29 is 32.8 Å². The molecule has 30 heavy (non-hydrogen) atoms. The molecule has 1 fully saturated rings. The number of carbonyl (C=O) groups is 2. The lowest BCUT2D eigenvalue weighted by molar-refractivity contribution is -0.385. The molecule has 3 N–H and O–H groups in total. The number of nitro groups is 1. The Morgan fingerprint density at radius 3 is 2.40 bits per heavy atom. The van der Waals surface area contributed by atoms with Crippen LogP contribution in [0.4, 0.5) is 23.7 Å². The first-order valence-corrected chi connectivity index (χ1v) is 8.67. The lowest BCUT2D eigenvalue weighted by Crippen LogP contribution is -2.72. The van der Waals surface area contributed by atoms with Gasteiger partial charge in [0.1, 0.15) is 5.92 Å². The van der Waals surface area contributed by atoms with E-state index in [0.29, 0.717) is 0 Å². The van der Waals surface area contributed by atoms with Crippen molar-refractivity contribution in [2.45, 2.75) is 24.9 Å². The monoisotopic (exact) mass is 423 g/mol. The number of carbonyl (C=O) groups excluding carboxylic acids is 2. The van der Waals surface area contributed by atoms with Crippen molar-refractivity contribution >= 4 is 17.5 Å². The van der Waals surface area contributed by atoms with Gasteiger partial charge in [-0.2, -0.15) is 13.2 Å². The number of non-ortho nitro benzene ring substituents is 1. The minimum Gasteiger partial charge on any atom is -0.363 e. The summed E-state index contributed by atoms with van der Waals surface area (Å²) in [6, 6.07) is 7.07. The molecule has 8 nitrogen and oxygen atoms in total. The minimum absolute atomic E-state index is 0.123. The lowest BCUT2D eigenvalue weighted by Gasteiger charge is -2.45. The maximum atomic E-state index is 13.8. The van der Waals surface area contributed by atoms with Crippen LogP contribution in [0.5, 0.6) is 0 Å². The van der Waals surface area contributed by atoms with E-state index in [1.54, 1.807) is 6.92 Å². The van der Waals surface area contributed by atoms with E-state index in [1.807, 2.05) is 0 Å². The molecule has 0 spiro atoms. The second-order valence-electron chi connectivity index (χ2n) is 6.90. The van der Waals surface area contributed by atoms with E-state index < -0.39 is 46.3 Å². The van der Waals surface area contributed by atoms with E-state index in [9.17, 15) is 38.0 Å². The zero-order valence-electron chi connectivity index (χ0n) is 15.4. The summed E-state index contributed by atoms with van der Waals surface area (Å²) < 4.78 is 41.5. The van der Waals surface area contributed by atoms with Gasteiger partial charge < -0.3 is 15.7 Å². The highest BCUT2D eigenvalue weighted by molar-refractivity contribution is 6.00. The molecular formula is C19H16F3N3O5. The number of halogens is 3. The molecule has 2 amide bonds. The topological polar surface area (TPSA) is 122 Å². The van der Waals surface area contributed by atoms with Crippen molar-refractivity contribution in [2.24, 2.45) is 5.92 Å². The fraction of sp³-hybridized carbons (Fsp3) is 0.263. The highest BCUT2D eigenvalue weighted by Gasteiger charge is 2.66. The number of alkyl halides is 3. The normalized spacial score (nSPS) is 24.0. The van der Waals surface area contributed by atoms with E-state index in [4.69, 9.17) is 0 Å². The Kier molecular flexibility index (Phi) is 5.25. The van der Waals surface area contributed by atoms with Crippen LogP contribution in [-0.4, -0.2) is 33.7 Å². The highest BCUT2D eigenvalue weighted by atomic mass is 19.4. The summed E-state index contributed by atoms with van der Waals surface area (Å²) in [4.78, 5) is 35.3. The molecule has 11 heteroatoms. The van der Waals surface area contributed by atoms with Gasteiger partial charge in [-0.05, 0) is 12.5 Å². The van der Waals surface area contributed by atoms with Crippen molar-refractivity contribution in [1.29, 1.82) is 0 Å². The fourth-order valence-electron chi connectivity index (χ4n) is 3.35. The second-order valence-corrected chi connectivity index (χ2v) is 6.90. The van der Waals surface area contributed by atoms with Crippen molar-refractivity contribution in [3.8, 4) is 0 Å². The van der Waals surface area contributed by atoms with Crippen LogP contribution in [0, 0.1) is 23.0 Å². The van der Waals surface area contributed by atoms with Gasteiger partial charge in [-0.25, -0.2) is 4.79 Å². The number of benzene rings is 2. The Labute approximate surface area is 167 Å². The van der Waals surface area contributed by atoms with E-state index in [0.717, 1.165) is 17.7 Å². The Morgan fingerprint density at radius 1 is 1.20 bits per heavy atom. The van der Waals surface area contributed by atoms with Crippen molar-refractivity contribution in [1.82, 2.24) is 10.6 Å². The summed E-state index contributed by atoms with van der Waals surface area (Å²) in [5.74, 6) is -3.35. The molecule has 0 saturated carbocycles. The molecule has 1 aliphatic heterocycles. The van der Waals surface area contributed by atoms with E-state index >= 15 is 0 Å². The molecule has 1 aliphatic rings.